The Morgan fingerprint density at radius 3 is 1.78 bits per heavy atom. The number of aliphatic hydroxyl groups excluding tert-OH is 1. The SMILES string of the molecule is CC[C@H](C)[C@@H]1NC(=O)[C@H](CC(C)C)N(C)C(=O)C[C@@H](C(=O)N2CCCCC2)N(C)C(=O)[C@H](C(C)C)N(C)C(=O)C2(CCCC2)NC(O)[C@@H]2CCCN2C(=O)[C@H](CCc2ccc(C(F)(F)F)c(Cl)c2)NC(=O)CN(C)C(=O)[C@H](CC2CCCCC2)N(C)C(=O)[C@@H]2CCN2C(=O)[C@H](CC2CCCC2)N(C)C1=O. The van der Waals surface area contributed by atoms with Crippen molar-refractivity contribution in [3.8, 4) is 0 Å². The number of halogens is 4. The quantitative estimate of drug-likeness (QED) is 0.150. The Morgan fingerprint density at radius 1 is 0.629 bits per heavy atom. The third kappa shape index (κ3) is 20.2. The summed E-state index contributed by atoms with van der Waals surface area (Å²) in [4.78, 5) is 180. The highest BCUT2D eigenvalue weighted by molar-refractivity contribution is 6.31. The van der Waals surface area contributed by atoms with Gasteiger partial charge in [0.15, 0.2) is 0 Å². The molecule has 1 aromatic rings. The number of benzene rings is 1. The fraction of sp³-hybridized carbons (Fsp3) is 0.779. The third-order valence-electron chi connectivity index (χ3n) is 24.2. The van der Waals surface area contributed by atoms with Crippen molar-refractivity contribution in [3.05, 3.63) is 34.3 Å². The summed E-state index contributed by atoms with van der Waals surface area (Å²) in [5, 5.41) is 21.1. The largest absolute Gasteiger partial charge is 0.417 e. The minimum absolute atomic E-state index is 0.0307. The first-order valence-corrected chi connectivity index (χ1v) is 39.4. The molecule has 1 unspecified atom stereocenters. The van der Waals surface area contributed by atoms with Crippen LogP contribution in [0.1, 0.15) is 213 Å². The molecule has 7 aliphatic rings. The van der Waals surface area contributed by atoms with Crippen LogP contribution in [0.2, 0.25) is 5.02 Å². The monoisotopic (exact) mass is 1500 g/mol. The van der Waals surface area contributed by atoms with Gasteiger partial charge >= 0.3 is 6.18 Å². The molecule has 0 radical (unpaired) electrons. The van der Waals surface area contributed by atoms with Crippen LogP contribution in [0, 0.1) is 29.6 Å². The highest BCUT2D eigenvalue weighted by atomic mass is 35.5. The summed E-state index contributed by atoms with van der Waals surface area (Å²) in [7, 11) is 8.88. The number of likely N-dealkylation sites (tertiary alicyclic amines) is 1. The van der Waals surface area contributed by atoms with Gasteiger partial charge in [-0.15, -0.1) is 0 Å². The summed E-state index contributed by atoms with van der Waals surface area (Å²) in [5.41, 5.74) is -2.22. The molecule has 3 saturated carbocycles. The Hall–Kier alpha value is -6.61. The second-order valence-electron chi connectivity index (χ2n) is 32.4. The lowest BCUT2D eigenvalue weighted by Crippen LogP contribution is -2.66. The number of carbonyl (C=O) groups excluding carboxylic acids is 11. The number of amides is 11. The van der Waals surface area contributed by atoms with Gasteiger partial charge in [0, 0.05) is 68.5 Å². The van der Waals surface area contributed by atoms with E-state index in [1.807, 2.05) is 27.7 Å². The van der Waals surface area contributed by atoms with Crippen molar-refractivity contribution in [2.24, 2.45) is 29.6 Å². The van der Waals surface area contributed by atoms with Gasteiger partial charge < -0.3 is 59.8 Å². The zero-order valence-corrected chi connectivity index (χ0v) is 65.0. The van der Waals surface area contributed by atoms with Crippen LogP contribution in [0.5, 0.6) is 0 Å². The Morgan fingerprint density at radius 2 is 1.22 bits per heavy atom. The molecule has 588 valence electrons. The van der Waals surface area contributed by atoms with Crippen molar-refractivity contribution in [2.75, 3.05) is 75.0 Å². The molecule has 105 heavy (non-hydrogen) atoms. The van der Waals surface area contributed by atoms with E-state index in [-0.39, 0.29) is 88.6 Å². The van der Waals surface area contributed by atoms with Crippen molar-refractivity contribution < 1.29 is 71.0 Å². The molecule has 4 saturated heterocycles. The van der Waals surface area contributed by atoms with Crippen molar-refractivity contribution in [2.45, 2.75) is 281 Å². The zero-order chi connectivity index (χ0) is 77.1. The highest BCUT2D eigenvalue weighted by Gasteiger charge is 2.52. The normalized spacial score (nSPS) is 28.8. The maximum atomic E-state index is 15.6. The van der Waals surface area contributed by atoms with Crippen LogP contribution >= 0.6 is 11.6 Å². The molecule has 11 atom stereocenters. The molecule has 24 nitrogen and oxygen atoms in total. The number of nitrogens with zero attached hydrogens (tertiary/aromatic N) is 9. The van der Waals surface area contributed by atoms with Crippen molar-refractivity contribution in [1.82, 2.24) is 60.0 Å². The molecule has 7 fully saturated rings. The second kappa shape index (κ2) is 37.0. The van der Waals surface area contributed by atoms with E-state index >= 15 is 47.9 Å². The molecule has 4 heterocycles. The molecule has 1 spiro atoms. The molecular weight excluding hydrogens is 1380 g/mol. The number of aliphatic hydroxyl groups is 1. The molecule has 8 rings (SSSR count). The molecule has 0 aromatic heterocycles. The third-order valence-corrected chi connectivity index (χ3v) is 24.5. The first-order valence-electron chi connectivity index (χ1n) is 39.0. The van der Waals surface area contributed by atoms with Crippen LogP contribution in [0.25, 0.3) is 0 Å². The average Bonchev–Trinajstić information content (AvgIpc) is 1.77. The number of likely N-dealkylation sites (N-methyl/N-ethyl adjacent to an activating group) is 6. The first-order chi connectivity index (χ1) is 49.6. The number of nitrogens with one attached hydrogen (secondary N) is 3. The number of alkyl halides is 3. The summed E-state index contributed by atoms with van der Waals surface area (Å²) in [5.74, 6) is -7.61. The van der Waals surface area contributed by atoms with E-state index in [1.54, 1.807) is 25.8 Å². The summed E-state index contributed by atoms with van der Waals surface area (Å²) < 4.78 is 41.8. The number of piperidine rings is 1. The Bertz CT molecular complexity index is 3250. The number of fused-ring (bicyclic) bond motifs is 2. The van der Waals surface area contributed by atoms with Gasteiger partial charge in [-0.25, -0.2) is 0 Å². The minimum Gasteiger partial charge on any atom is -0.376 e. The van der Waals surface area contributed by atoms with Crippen LogP contribution in [-0.2, 0) is 65.3 Å². The summed E-state index contributed by atoms with van der Waals surface area (Å²) in [6.45, 7) is 11.4. The number of hydrogen-bond acceptors (Lipinski definition) is 13. The zero-order valence-electron chi connectivity index (χ0n) is 64.3. The van der Waals surface area contributed by atoms with E-state index in [1.165, 1.54) is 80.5 Å². The van der Waals surface area contributed by atoms with Gasteiger partial charge in [-0.3, -0.25) is 58.1 Å². The van der Waals surface area contributed by atoms with Crippen molar-refractivity contribution in [3.63, 3.8) is 0 Å². The summed E-state index contributed by atoms with van der Waals surface area (Å²) in [6, 6.07) is -7.35. The van der Waals surface area contributed by atoms with Gasteiger partial charge in [-0.1, -0.05) is 136 Å². The van der Waals surface area contributed by atoms with Crippen LogP contribution < -0.4 is 16.0 Å². The minimum atomic E-state index is -4.75. The number of carbonyl (C=O) groups is 11. The van der Waals surface area contributed by atoms with Crippen molar-refractivity contribution in [1.29, 1.82) is 0 Å². The van der Waals surface area contributed by atoms with E-state index in [2.05, 4.69) is 16.0 Å². The molecule has 11 amide bonds. The topological polar surface area (TPSA) is 273 Å². The fourth-order valence-corrected chi connectivity index (χ4v) is 17.7. The van der Waals surface area contributed by atoms with Gasteiger partial charge in [0.05, 0.1) is 29.6 Å². The lowest BCUT2D eigenvalue weighted by Gasteiger charge is -2.46. The van der Waals surface area contributed by atoms with E-state index in [9.17, 15) is 23.1 Å². The van der Waals surface area contributed by atoms with Gasteiger partial charge in [0.25, 0.3) is 0 Å². The highest BCUT2D eigenvalue weighted by Crippen LogP contribution is 2.39. The average molecular weight is 1500 g/mol. The van der Waals surface area contributed by atoms with Crippen LogP contribution in [0.4, 0.5) is 13.2 Å². The van der Waals surface area contributed by atoms with E-state index in [0.717, 1.165) is 76.3 Å². The number of rotatable bonds is 13. The molecule has 4 N–H and O–H groups in total. The van der Waals surface area contributed by atoms with E-state index in [4.69, 9.17) is 11.6 Å². The standard InChI is InChI=1S/C77H120ClF3N12O12/c1-13-49(6)64-73(103)88(10)60(44-51-27-18-19-28-51)72(102)93-40-34-57(93)70(100)87(9)59(43-50-25-16-14-17-26-50)69(99)85(7)46-62(94)82-55(33-31-52-30-32-53(54(78)42-52)77(79,80)81)68(98)92-39-24-29-56(92)67(97)84-76(35-20-21-36-76)75(105)90(12)65(48(4)5)74(104)89(11)61(71(101)91-37-22-15-23-38-91)45-63(95)86(8)58(41-47(2)3)66(96)83-64/h30,32,42,47-51,55-61,64-65,67,84,97H,13-29,31,33-41,43-46H2,1-12H3,(H,82,94)(H,83,96)/t49-,55-,56-,57-,58-,59-,60-,61-,64-,65-,67?/m0/s1. The van der Waals surface area contributed by atoms with Gasteiger partial charge in [-0.05, 0) is 131 Å². The fourth-order valence-electron chi connectivity index (χ4n) is 17.4. The predicted octanol–water partition coefficient (Wildman–Crippen LogP) is 7.38. The Kier molecular flexibility index (Phi) is 29.6. The maximum Gasteiger partial charge on any atom is 0.417 e. The van der Waals surface area contributed by atoms with E-state index < -0.39 is 173 Å². The van der Waals surface area contributed by atoms with Crippen molar-refractivity contribution >= 4 is 76.6 Å². The summed E-state index contributed by atoms with van der Waals surface area (Å²) in [6.07, 6.45) is 6.58. The first kappa shape index (κ1) is 84.0. The maximum absolute atomic E-state index is 15.6. The molecular formula is C77H120ClF3N12O12. The lowest BCUT2D eigenvalue weighted by molar-refractivity contribution is -0.161. The second-order valence-corrected chi connectivity index (χ2v) is 32.8. The van der Waals surface area contributed by atoms with Crippen LogP contribution in [0.15, 0.2) is 18.2 Å². The lowest BCUT2D eigenvalue weighted by atomic mass is 9.84. The molecule has 0 bridgehead atoms. The van der Waals surface area contributed by atoms with Gasteiger partial charge in [-0.2, -0.15) is 13.2 Å². The number of hydrogen-bond donors (Lipinski definition) is 4. The Balaban J connectivity index is 1.19. The van der Waals surface area contributed by atoms with Gasteiger partial charge in [0.2, 0.25) is 65.0 Å². The predicted molar refractivity (Wildman–Crippen MR) is 391 cm³/mol. The Labute approximate surface area is 624 Å². The molecule has 3 aliphatic carbocycles. The molecule has 4 aliphatic heterocycles. The van der Waals surface area contributed by atoms with E-state index in [0.29, 0.717) is 57.2 Å². The number of aryl methyl sites for hydroxylation is 1. The molecule has 1 aromatic carbocycles. The van der Waals surface area contributed by atoms with Crippen LogP contribution in [-0.4, -0.2) is 255 Å². The summed E-state index contributed by atoms with van der Waals surface area (Å²) >= 11 is 6.20. The van der Waals surface area contributed by atoms with Crippen LogP contribution in [0.3, 0.4) is 0 Å². The van der Waals surface area contributed by atoms with Gasteiger partial charge in [0.1, 0.15) is 60.1 Å². The molecule has 28 heteroatoms. The smallest absolute Gasteiger partial charge is 0.376 e.